The van der Waals surface area contributed by atoms with Crippen LogP contribution in [0.4, 0.5) is 0 Å². The van der Waals surface area contributed by atoms with Crippen LogP contribution in [0.3, 0.4) is 0 Å². The minimum atomic E-state index is -4.42. The number of likely N-dealkylation sites (N-methyl/N-ethyl adjacent to an activating group) is 1. The number of hydrogen-bond donors (Lipinski definition) is 2. The highest BCUT2D eigenvalue weighted by Crippen LogP contribution is 2.35. The third-order valence-corrected chi connectivity index (χ3v) is 1.76. The molecule has 7 heteroatoms. The Balaban J connectivity index is 3.72. The van der Waals surface area contributed by atoms with E-state index in [1.54, 1.807) is 0 Å². The zero-order chi connectivity index (χ0) is 10.5. The summed E-state index contributed by atoms with van der Waals surface area (Å²) in [7, 11) is -2.95. The van der Waals surface area contributed by atoms with Crippen molar-refractivity contribution < 1.29 is 23.7 Å². The van der Waals surface area contributed by atoms with E-state index in [1.165, 1.54) is 11.9 Å². The van der Waals surface area contributed by atoms with Crippen molar-refractivity contribution in [1.82, 2.24) is 4.90 Å². The lowest BCUT2D eigenvalue weighted by molar-refractivity contribution is -0.125. The number of carbonyl (C=O) groups is 1. The molecule has 2 N–H and O–H groups in total. The van der Waals surface area contributed by atoms with E-state index in [1.807, 2.05) is 0 Å². The Kier molecular flexibility index (Phi) is 4.87. The van der Waals surface area contributed by atoms with Crippen molar-refractivity contribution in [2.75, 3.05) is 20.2 Å². The second kappa shape index (κ2) is 5.14. The summed E-state index contributed by atoms with van der Waals surface area (Å²) in [5.74, 6) is -0.325. The Morgan fingerprint density at radius 3 is 2.62 bits per heavy atom. The second-order valence-corrected chi connectivity index (χ2v) is 3.53. The van der Waals surface area contributed by atoms with Gasteiger partial charge >= 0.3 is 7.82 Å². The minimum absolute atomic E-state index is 0.107. The summed E-state index contributed by atoms with van der Waals surface area (Å²) >= 11 is 0. The van der Waals surface area contributed by atoms with Crippen LogP contribution in [-0.2, 0) is 13.9 Å². The topological polar surface area (TPSA) is 87.1 Å². The van der Waals surface area contributed by atoms with Crippen molar-refractivity contribution in [2.45, 2.75) is 0 Å². The molecular formula is C6H12NO5P. The van der Waals surface area contributed by atoms with E-state index < -0.39 is 7.82 Å². The average Bonchev–Trinajstić information content (AvgIpc) is 2.00. The molecule has 6 nitrogen and oxygen atoms in total. The fraction of sp³-hybridized carbons (Fsp3) is 0.500. The monoisotopic (exact) mass is 209 g/mol. The normalized spacial score (nSPS) is 11.0. The maximum Gasteiger partial charge on any atom is 0.469 e. The number of amides is 1. The molecule has 0 unspecified atom stereocenters. The third kappa shape index (κ3) is 6.48. The van der Waals surface area contributed by atoms with Gasteiger partial charge in [0.1, 0.15) is 0 Å². The van der Waals surface area contributed by atoms with Gasteiger partial charge < -0.3 is 14.7 Å². The Morgan fingerprint density at radius 1 is 1.69 bits per heavy atom. The average molecular weight is 209 g/mol. The molecule has 0 aliphatic rings. The molecule has 0 radical (unpaired) electrons. The summed E-state index contributed by atoms with van der Waals surface area (Å²) < 4.78 is 14.3. The highest BCUT2D eigenvalue weighted by molar-refractivity contribution is 7.46. The van der Waals surface area contributed by atoms with Gasteiger partial charge in [0.25, 0.3) is 0 Å². The van der Waals surface area contributed by atoms with Crippen LogP contribution in [0.5, 0.6) is 0 Å². The summed E-state index contributed by atoms with van der Waals surface area (Å²) in [6.07, 6.45) is 1.11. The molecule has 13 heavy (non-hydrogen) atoms. The van der Waals surface area contributed by atoms with Crippen molar-refractivity contribution in [2.24, 2.45) is 0 Å². The van der Waals surface area contributed by atoms with E-state index in [4.69, 9.17) is 9.79 Å². The van der Waals surface area contributed by atoms with Crippen LogP contribution >= 0.6 is 7.82 Å². The van der Waals surface area contributed by atoms with Gasteiger partial charge in [-0.25, -0.2) is 4.57 Å². The van der Waals surface area contributed by atoms with E-state index in [0.717, 1.165) is 6.08 Å². The molecule has 0 bridgehead atoms. The number of hydrogen-bond acceptors (Lipinski definition) is 3. The van der Waals surface area contributed by atoms with E-state index in [9.17, 15) is 9.36 Å². The Hall–Kier alpha value is -0.680. The first-order valence-electron chi connectivity index (χ1n) is 3.44. The van der Waals surface area contributed by atoms with Crippen LogP contribution in [-0.4, -0.2) is 40.8 Å². The highest BCUT2D eigenvalue weighted by Gasteiger charge is 2.14. The lowest BCUT2D eigenvalue weighted by atomic mass is 10.5. The fourth-order valence-electron chi connectivity index (χ4n) is 0.563. The number of nitrogens with zero attached hydrogens (tertiary/aromatic N) is 1. The van der Waals surface area contributed by atoms with Gasteiger partial charge in [-0.1, -0.05) is 6.58 Å². The highest BCUT2D eigenvalue weighted by atomic mass is 31.2. The molecule has 0 saturated carbocycles. The third-order valence-electron chi connectivity index (χ3n) is 1.24. The Labute approximate surface area is 76.0 Å². The molecule has 0 aromatic rings. The van der Waals surface area contributed by atoms with Crippen molar-refractivity contribution in [1.29, 1.82) is 0 Å². The SMILES string of the molecule is C=CC(=O)N(C)CCOP(=O)(O)O. The maximum absolute atomic E-state index is 10.8. The summed E-state index contributed by atoms with van der Waals surface area (Å²) in [6.45, 7) is 3.15. The smallest absolute Gasteiger partial charge is 0.340 e. The molecule has 0 rings (SSSR count). The quantitative estimate of drug-likeness (QED) is 0.481. The van der Waals surface area contributed by atoms with E-state index in [0.29, 0.717) is 0 Å². The number of rotatable bonds is 5. The van der Waals surface area contributed by atoms with Crippen LogP contribution in [0.15, 0.2) is 12.7 Å². The van der Waals surface area contributed by atoms with E-state index in [-0.39, 0.29) is 19.1 Å². The van der Waals surface area contributed by atoms with Gasteiger partial charge in [0.15, 0.2) is 0 Å². The molecule has 0 aliphatic carbocycles. The molecule has 0 aliphatic heterocycles. The number of phosphoric acid groups is 1. The van der Waals surface area contributed by atoms with Gasteiger partial charge in [0, 0.05) is 13.6 Å². The molecule has 0 saturated heterocycles. The molecule has 76 valence electrons. The lowest BCUT2D eigenvalue weighted by Gasteiger charge is -2.14. The summed E-state index contributed by atoms with van der Waals surface area (Å²) in [5.41, 5.74) is 0. The zero-order valence-corrected chi connectivity index (χ0v) is 8.11. The zero-order valence-electron chi connectivity index (χ0n) is 7.21. The van der Waals surface area contributed by atoms with Crippen LogP contribution in [0.25, 0.3) is 0 Å². The second-order valence-electron chi connectivity index (χ2n) is 2.29. The van der Waals surface area contributed by atoms with E-state index >= 15 is 0 Å². The van der Waals surface area contributed by atoms with Crippen LogP contribution in [0.2, 0.25) is 0 Å². The van der Waals surface area contributed by atoms with Crippen LogP contribution in [0.1, 0.15) is 0 Å². The Morgan fingerprint density at radius 2 is 2.23 bits per heavy atom. The maximum atomic E-state index is 10.8. The first kappa shape index (κ1) is 12.3. The predicted octanol–water partition coefficient (Wildman–Crippen LogP) is -0.260. The van der Waals surface area contributed by atoms with Crippen molar-refractivity contribution in [3.63, 3.8) is 0 Å². The van der Waals surface area contributed by atoms with E-state index in [2.05, 4.69) is 11.1 Å². The summed E-state index contributed by atoms with van der Waals surface area (Å²) in [5, 5.41) is 0. The van der Waals surface area contributed by atoms with Gasteiger partial charge in [-0.15, -0.1) is 0 Å². The molecule has 0 fully saturated rings. The molecule has 1 amide bonds. The fourth-order valence-corrected chi connectivity index (χ4v) is 0.882. The molecule has 0 aromatic carbocycles. The van der Waals surface area contributed by atoms with Gasteiger partial charge in [-0.2, -0.15) is 0 Å². The molecular weight excluding hydrogens is 197 g/mol. The Bertz CT molecular complexity index is 235. The molecule has 0 atom stereocenters. The van der Waals surface area contributed by atoms with Crippen molar-refractivity contribution in [3.05, 3.63) is 12.7 Å². The summed E-state index contributed by atoms with van der Waals surface area (Å²) in [6, 6.07) is 0. The first-order chi connectivity index (χ1) is 5.87. The number of phosphoric ester groups is 1. The first-order valence-corrected chi connectivity index (χ1v) is 4.97. The molecule has 0 aromatic heterocycles. The van der Waals surface area contributed by atoms with Crippen molar-refractivity contribution >= 4 is 13.7 Å². The van der Waals surface area contributed by atoms with Gasteiger partial charge in [-0.3, -0.25) is 9.32 Å². The standard InChI is InChI=1S/C6H12NO5P/c1-3-6(8)7(2)4-5-12-13(9,10)11/h3H,1,4-5H2,2H3,(H2,9,10,11). The summed E-state index contributed by atoms with van der Waals surface area (Å²) in [4.78, 5) is 28.6. The minimum Gasteiger partial charge on any atom is -0.340 e. The number of carbonyl (C=O) groups excluding carboxylic acids is 1. The molecule has 0 spiro atoms. The van der Waals surface area contributed by atoms with Crippen LogP contribution < -0.4 is 0 Å². The van der Waals surface area contributed by atoms with Gasteiger partial charge in [0.05, 0.1) is 6.61 Å². The van der Waals surface area contributed by atoms with Crippen molar-refractivity contribution in [3.8, 4) is 0 Å². The lowest BCUT2D eigenvalue weighted by Crippen LogP contribution is -2.28. The van der Waals surface area contributed by atoms with Gasteiger partial charge in [0.2, 0.25) is 5.91 Å². The largest absolute Gasteiger partial charge is 0.469 e. The van der Waals surface area contributed by atoms with Gasteiger partial charge in [-0.05, 0) is 6.08 Å². The molecule has 0 heterocycles. The van der Waals surface area contributed by atoms with Crippen LogP contribution in [0, 0.1) is 0 Å². The predicted molar refractivity (Wildman–Crippen MR) is 45.8 cm³/mol.